The highest BCUT2D eigenvalue weighted by Crippen LogP contribution is 2.16. The van der Waals surface area contributed by atoms with Crippen molar-refractivity contribution in [2.45, 2.75) is 6.42 Å². The van der Waals surface area contributed by atoms with E-state index < -0.39 is 0 Å². The van der Waals surface area contributed by atoms with Crippen molar-refractivity contribution < 1.29 is 9.59 Å². The number of carbonyl (C=O) groups excluding carboxylic acids is 2. The highest BCUT2D eigenvalue weighted by Gasteiger charge is 2.19. The van der Waals surface area contributed by atoms with Gasteiger partial charge < -0.3 is 15.1 Å². The van der Waals surface area contributed by atoms with E-state index in [2.05, 4.69) is 5.32 Å². The number of nitrogens with one attached hydrogen (secondary N) is 1. The fourth-order valence-electron chi connectivity index (χ4n) is 2.98. The third-order valence-corrected chi connectivity index (χ3v) is 4.43. The van der Waals surface area contributed by atoms with Gasteiger partial charge in [-0.25, -0.2) is 0 Å². The van der Waals surface area contributed by atoms with Crippen LogP contribution in [0.4, 0.5) is 5.69 Å². The summed E-state index contributed by atoms with van der Waals surface area (Å²) in [5.41, 5.74) is 1.90. The van der Waals surface area contributed by atoms with Crippen molar-refractivity contribution >= 4 is 29.9 Å². The SMILES string of the molecule is CN(C(=O)c1cccc(C(=O)N2CCCNCC2)c1)c1ccccc1.Cl. The Kier molecular flexibility index (Phi) is 7.18. The standard InChI is InChI=1S/C20H23N3O2.ClH/c1-22(18-9-3-2-4-10-18)19(24)16-7-5-8-17(15-16)20(25)23-13-6-11-21-12-14-23;/h2-5,7-10,15,21H,6,11-14H2,1H3;1H. The predicted molar refractivity (Wildman–Crippen MR) is 106 cm³/mol. The molecule has 2 amide bonds. The third kappa shape index (κ3) is 4.62. The summed E-state index contributed by atoms with van der Waals surface area (Å²) in [5.74, 6) is -0.140. The van der Waals surface area contributed by atoms with Gasteiger partial charge in [-0.05, 0) is 43.3 Å². The Labute approximate surface area is 160 Å². The van der Waals surface area contributed by atoms with Crippen LogP contribution in [0.2, 0.25) is 0 Å². The van der Waals surface area contributed by atoms with Gasteiger partial charge in [-0.3, -0.25) is 9.59 Å². The lowest BCUT2D eigenvalue weighted by Gasteiger charge is -2.21. The summed E-state index contributed by atoms with van der Waals surface area (Å²) >= 11 is 0. The smallest absolute Gasteiger partial charge is 0.258 e. The van der Waals surface area contributed by atoms with Crippen LogP contribution in [0.15, 0.2) is 54.6 Å². The van der Waals surface area contributed by atoms with Crippen LogP contribution >= 0.6 is 12.4 Å². The van der Waals surface area contributed by atoms with E-state index in [4.69, 9.17) is 0 Å². The van der Waals surface area contributed by atoms with Gasteiger partial charge in [-0.1, -0.05) is 24.3 Å². The van der Waals surface area contributed by atoms with Crippen molar-refractivity contribution in [3.8, 4) is 0 Å². The number of anilines is 1. The molecule has 0 bridgehead atoms. The molecular formula is C20H24ClN3O2. The van der Waals surface area contributed by atoms with Crippen LogP contribution in [0.1, 0.15) is 27.1 Å². The summed E-state index contributed by atoms with van der Waals surface area (Å²) in [5, 5.41) is 3.29. The van der Waals surface area contributed by atoms with Crippen molar-refractivity contribution in [2.75, 3.05) is 38.1 Å². The van der Waals surface area contributed by atoms with Gasteiger partial charge in [0.25, 0.3) is 11.8 Å². The molecule has 0 atom stereocenters. The molecule has 3 rings (SSSR count). The molecule has 0 radical (unpaired) electrons. The molecule has 5 nitrogen and oxygen atoms in total. The van der Waals surface area contributed by atoms with E-state index in [0.29, 0.717) is 17.7 Å². The number of amides is 2. The summed E-state index contributed by atoms with van der Waals surface area (Å²) in [6.07, 6.45) is 0.946. The monoisotopic (exact) mass is 373 g/mol. The average Bonchev–Trinajstić information content (AvgIpc) is 2.96. The van der Waals surface area contributed by atoms with Gasteiger partial charge in [0.2, 0.25) is 0 Å². The Morgan fingerprint density at radius 3 is 2.46 bits per heavy atom. The van der Waals surface area contributed by atoms with E-state index in [1.165, 1.54) is 0 Å². The Bertz CT molecular complexity index is 744. The number of halogens is 1. The van der Waals surface area contributed by atoms with Crippen LogP contribution in [0, 0.1) is 0 Å². The fraction of sp³-hybridized carbons (Fsp3) is 0.300. The normalized spacial score (nSPS) is 14.1. The van der Waals surface area contributed by atoms with Gasteiger partial charge in [-0.15, -0.1) is 12.4 Å². The van der Waals surface area contributed by atoms with Crippen molar-refractivity contribution in [2.24, 2.45) is 0 Å². The largest absolute Gasteiger partial charge is 0.337 e. The highest BCUT2D eigenvalue weighted by atomic mass is 35.5. The first kappa shape index (κ1) is 19.9. The second-order valence-corrected chi connectivity index (χ2v) is 6.18. The maximum absolute atomic E-state index is 12.7. The minimum atomic E-state index is -0.126. The molecule has 138 valence electrons. The molecule has 1 N–H and O–H groups in total. The van der Waals surface area contributed by atoms with Crippen molar-refractivity contribution in [1.82, 2.24) is 10.2 Å². The molecule has 26 heavy (non-hydrogen) atoms. The first-order valence-corrected chi connectivity index (χ1v) is 8.60. The minimum Gasteiger partial charge on any atom is -0.337 e. The zero-order valence-corrected chi connectivity index (χ0v) is 15.7. The fourth-order valence-corrected chi connectivity index (χ4v) is 2.98. The van der Waals surface area contributed by atoms with E-state index in [-0.39, 0.29) is 24.2 Å². The van der Waals surface area contributed by atoms with E-state index >= 15 is 0 Å². The highest BCUT2D eigenvalue weighted by molar-refractivity contribution is 6.07. The Balaban J connectivity index is 0.00000243. The quantitative estimate of drug-likeness (QED) is 0.900. The molecule has 1 saturated heterocycles. The Hall–Kier alpha value is -2.37. The zero-order valence-electron chi connectivity index (χ0n) is 14.9. The Morgan fingerprint density at radius 2 is 1.69 bits per heavy atom. The molecule has 0 saturated carbocycles. The van der Waals surface area contributed by atoms with Gasteiger partial charge in [0.05, 0.1) is 0 Å². The van der Waals surface area contributed by atoms with Crippen LogP contribution in [-0.4, -0.2) is 49.9 Å². The molecular weight excluding hydrogens is 350 g/mol. The van der Waals surface area contributed by atoms with Gasteiger partial charge >= 0.3 is 0 Å². The molecule has 0 spiro atoms. The lowest BCUT2D eigenvalue weighted by Crippen LogP contribution is -2.34. The van der Waals surface area contributed by atoms with Crippen LogP contribution in [0.3, 0.4) is 0 Å². The van der Waals surface area contributed by atoms with Crippen molar-refractivity contribution in [3.05, 3.63) is 65.7 Å². The van der Waals surface area contributed by atoms with E-state index in [1.54, 1.807) is 36.2 Å². The maximum atomic E-state index is 12.7. The van der Waals surface area contributed by atoms with Gasteiger partial charge in [0.1, 0.15) is 0 Å². The Morgan fingerprint density at radius 1 is 0.962 bits per heavy atom. The number of nitrogens with zero attached hydrogens (tertiary/aromatic N) is 2. The van der Waals surface area contributed by atoms with Crippen molar-refractivity contribution in [1.29, 1.82) is 0 Å². The molecule has 2 aromatic carbocycles. The topological polar surface area (TPSA) is 52.7 Å². The zero-order chi connectivity index (χ0) is 17.6. The molecule has 1 fully saturated rings. The number of hydrogen-bond donors (Lipinski definition) is 1. The molecule has 1 aliphatic heterocycles. The lowest BCUT2D eigenvalue weighted by molar-refractivity contribution is 0.0766. The summed E-state index contributed by atoms with van der Waals surface area (Å²) < 4.78 is 0. The number of hydrogen-bond acceptors (Lipinski definition) is 3. The van der Waals surface area contributed by atoms with E-state index in [0.717, 1.165) is 31.7 Å². The number of rotatable bonds is 3. The summed E-state index contributed by atoms with van der Waals surface area (Å²) in [7, 11) is 1.74. The van der Waals surface area contributed by atoms with Crippen LogP contribution in [0.25, 0.3) is 0 Å². The summed E-state index contributed by atoms with van der Waals surface area (Å²) in [4.78, 5) is 28.9. The molecule has 1 aliphatic rings. The second-order valence-electron chi connectivity index (χ2n) is 6.18. The minimum absolute atomic E-state index is 0. The van der Waals surface area contributed by atoms with Crippen LogP contribution in [0.5, 0.6) is 0 Å². The first-order chi connectivity index (χ1) is 12.2. The summed E-state index contributed by atoms with van der Waals surface area (Å²) in [6, 6.07) is 16.5. The lowest BCUT2D eigenvalue weighted by atomic mass is 10.1. The number of para-hydroxylation sites is 1. The third-order valence-electron chi connectivity index (χ3n) is 4.43. The predicted octanol–water partition coefficient (Wildman–Crippen LogP) is 2.82. The molecule has 1 heterocycles. The maximum Gasteiger partial charge on any atom is 0.258 e. The van der Waals surface area contributed by atoms with Crippen LogP contribution in [-0.2, 0) is 0 Å². The van der Waals surface area contributed by atoms with Crippen LogP contribution < -0.4 is 10.2 Å². The van der Waals surface area contributed by atoms with E-state index in [9.17, 15) is 9.59 Å². The molecule has 2 aromatic rings. The second kappa shape index (κ2) is 9.36. The van der Waals surface area contributed by atoms with E-state index in [1.807, 2.05) is 35.2 Å². The number of carbonyl (C=O) groups is 2. The van der Waals surface area contributed by atoms with Gasteiger partial charge in [0, 0.05) is 43.5 Å². The summed E-state index contributed by atoms with van der Waals surface area (Å²) in [6.45, 7) is 3.18. The molecule has 0 unspecified atom stereocenters. The number of benzene rings is 2. The van der Waals surface area contributed by atoms with Gasteiger partial charge in [0.15, 0.2) is 0 Å². The molecule has 0 aliphatic carbocycles. The van der Waals surface area contributed by atoms with Gasteiger partial charge in [-0.2, -0.15) is 0 Å². The first-order valence-electron chi connectivity index (χ1n) is 8.60. The molecule has 6 heteroatoms. The molecule has 0 aromatic heterocycles. The van der Waals surface area contributed by atoms with Crippen molar-refractivity contribution in [3.63, 3.8) is 0 Å². The average molecular weight is 374 g/mol.